The van der Waals surface area contributed by atoms with E-state index in [0.717, 1.165) is 16.7 Å². The van der Waals surface area contributed by atoms with Gasteiger partial charge in [0.05, 0.1) is 6.04 Å². The van der Waals surface area contributed by atoms with Gasteiger partial charge >= 0.3 is 0 Å². The van der Waals surface area contributed by atoms with Crippen molar-refractivity contribution in [1.29, 1.82) is 0 Å². The monoisotopic (exact) mass is 413 g/mol. The highest BCUT2D eigenvalue weighted by atomic mass is 16.5. The fourth-order valence-electron chi connectivity index (χ4n) is 4.42. The first-order chi connectivity index (χ1) is 14.8. The molecule has 0 saturated carbocycles. The average Bonchev–Trinajstić information content (AvgIpc) is 2.77. The van der Waals surface area contributed by atoms with E-state index in [1.165, 1.54) is 5.56 Å². The molecule has 1 heterocycles. The second-order valence-corrected chi connectivity index (χ2v) is 9.58. The largest absolute Gasteiger partial charge is 0.355 e. The molecule has 0 saturated heterocycles. The third-order valence-corrected chi connectivity index (χ3v) is 6.12. The zero-order valence-electron chi connectivity index (χ0n) is 19.0. The number of fused-ring (bicyclic) bond motifs is 1. The van der Waals surface area contributed by atoms with Gasteiger partial charge in [-0.25, -0.2) is 0 Å². The van der Waals surface area contributed by atoms with E-state index in [-0.39, 0.29) is 23.3 Å². The minimum Gasteiger partial charge on any atom is -0.355 e. The first kappa shape index (κ1) is 21.5. The molecule has 0 aliphatic carbocycles. The first-order valence-corrected chi connectivity index (χ1v) is 10.9. The lowest BCUT2D eigenvalue weighted by atomic mass is 9.83. The summed E-state index contributed by atoms with van der Waals surface area (Å²) in [6.45, 7) is 6.53. The van der Waals surface area contributed by atoms with E-state index in [1.54, 1.807) is 0 Å². The van der Waals surface area contributed by atoms with Gasteiger partial charge in [0.1, 0.15) is 12.2 Å². The van der Waals surface area contributed by atoms with E-state index >= 15 is 0 Å². The topological polar surface area (TPSA) is 29.5 Å². The smallest absolute Gasteiger partial charge is 0.196 e. The highest BCUT2D eigenvalue weighted by molar-refractivity contribution is 6.00. The minimum atomic E-state index is -0.627. The van der Waals surface area contributed by atoms with Crippen LogP contribution in [-0.2, 0) is 10.2 Å². The highest BCUT2D eigenvalue weighted by Crippen LogP contribution is 2.47. The van der Waals surface area contributed by atoms with E-state index in [9.17, 15) is 4.79 Å². The Bertz CT molecular complexity index is 1050. The molecule has 0 N–H and O–H groups in total. The Kier molecular flexibility index (Phi) is 5.83. The van der Waals surface area contributed by atoms with Crippen molar-refractivity contribution in [2.24, 2.45) is 0 Å². The summed E-state index contributed by atoms with van der Waals surface area (Å²) in [7, 11) is 4.13. The number of carbonyl (C=O) groups excluding carboxylic acids is 1. The molecule has 160 valence electrons. The Hall–Kier alpha value is -2.75. The van der Waals surface area contributed by atoms with Gasteiger partial charge in [-0.1, -0.05) is 99.6 Å². The first-order valence-electron chi connectivity index (χ1n) is 10.9. The van der Waals surface area contributed by atoms with Crippen LogP contribution < -0.4 is 0 Å². The van der Waals surface area contributed by atoms with Gasteiger partial charge in [-0.15, -0.1) is 0 Å². The molecule has 3 aromatic carbocycles. The van der Waals surface area contributed by atoms with Crippen molar-refractivity contribution in [2.45, 2.75) is 44.4 Å². The average molecular weight is 414 g/mol. The number of nitrogens with zero attached hydrogens (tertiary/aromatic N) is 1. The number of Topliss-reactive ketones (excluding diaryl/α,β-unsaturated/α-hetero) is 1. The lowest BCUT2D eigenvalue weighted by Crippen LogP contribution is -2.36. The number of likely N-dealkylation sites (N-methyl/N-ethyl adjacent to an activating group) is 1. The van der Waals surface area contributed by atoms with Crippen LogP contribution in [0.4, 0.5) is 0 Å². The molecule has 31 heavy (non-hydrogen) atoms. The molecule has 4 rings (SSSR count). The molecule has 0 fully saturated rings. The Morgan fingerprint density at radius 2 is 1.39 bits per heavy atom. The molecule has 0 radical (unpaired) electrons. The third kappa shape index (κ3) is 4.21. The molecular weight excluding hydrogens is 382 g/mol. The predicted octanol–water partition coefficient (Wildman–Crippen LogP) is 6.28. The van der Waals surface area contributed by atoms with Crippen LogP contribution in [0.5, 0.6) is 0 Å². The lowest BCUT2D eigenvalue weighted by Gasteiger charge is -2.41. The Labute approximate surface area is 185 Å². The Morgan fingerprint density at radius 1 is 0.806 bits per heavy atom. The number of ether oxygens (including phenoxy) is 1. The van der Waals surface area contributed by atoms with Gasteiger partial charge in [-0.3, -0.25) is 9.69 Å². The molecule has 3 aromatic rings. The van der Waals surface area contributed by atoms with Crippen molar-refractivity contribution in [1.82, 2.24) is 4.90 Å². The van der Waals surface area contributed by atoms with Crippen LogP contribution in [-0.4, -0.2) is 24.8 Å². The van der Waals surface area contributed by atoms with Crippen LogP contribution in [0.2, 0.25) is 0 Å². The van der Waals surface area contributed by atoms with Gasteiger partial charge in [0.25, 0.3) is 0 Å². The summed E-state index contributed by atoms with van der Waals surface area (Å²) in [6, 6.07) is 26.4. The van der Waals surface area contributed by atoms with Crippen LogP contribution in [0.3, 0.4) is 0 Å². The van der Waals surface area contributed by atoms with Crippen molar-refractivity contribution < 1.29 is 9.53 Å². The van der Waals surface area contributed by atoms with E-state index in [0.29, 0.717) is 5.56 Å². The Morgan fingerprint density at radius 3 is 1.97 bits per heavy atom. The van der Waals surface area contributed by atoms with Crippen molar-refractivity contribution in [3.8, 4) is 0 Å². The van der Waals surface area contributed by atoms with Crippen molar-refractivity contribution in [3.63, 3.8) is 0 Å². The lowest BCUT2D eigenvalue weighted by molar-refractivity contribution is -0.0579. The number of hydrogen-bond acceptors (Lipinski definition) is 3. The van der Waals surface area contributed by atoms with E-state index in [2.05, 4.69) is 70.1 Å². The second kappa shape index (κ2) is 8.41. The van der Waals surface area contributed by atoms with Gasteiger partial charge in [0.2, 0.25) is 0 Å². The summed E-state index contributed by atoms with van der Waals surface area (Å²) in [5, 5.41) is 0. The SMILES string of the molecule is CN(C)[C@H]1c2ccccc2[C@H](C(=O)c2ccc(C(C)(C)C)cc2)O[C@@H]1c1ccccc1. The number of hydrogen-bond donors (Lipinski definition) is 0. The van der Waals surface area contributed by atoms with Crippen LogP contribution in [0.25, 0.3) is 0 Å². The van der Waals surface area contributed by atoms with Crippen molar-refractivity contribution >= 4 is 5.78 Å². The normalized spacial score (nSPS) is 21.0. The van der Waals surface area contributed by atoms with Crippen LogP contribution >= 0.6 is 0 Å². The number of rotatable bonds is 4. The van der Waals surface area contributed by atoms with Gasteiger partial charge in [-0.2, -0.15) is 0 Å². The summed E-state index contributed by atoms with van der Waals surface area (Å²) in [5.41, 5.74) is 5.13. The molecule has 1 aliphatic rings. The molecule has 0 bridgehead atoms. The zero-order valence-corrected chi connectivity index (χ0v) is 19.0. The molecular formula is C28H31NO2. The number of carbonyl (C=O) groups is 1. The van der Waals surface area contributed by atoms with E-state index in [1.807, 2.05) is 48.5 Å². The van der Waals surface area contributed by atoms with Crippen LogP contribution in [0, 0.1) is 0 Å². The van der Waals surface area contributed by atoms with Gasteiger partial charge in [-0.05, 0) is 41.8 Å². The second-order valence-electron chi connectivity index (χ2n) is 9.58. The van der Waals surface area contributed by atoms with E-state index in [4.69, 9.17) is 4.74 Å². The van der Waals surface area contributed by atoms with E-state index < -0.39 is 6.10 Å². The predicted molar refractivity (Wildman–Crippen MR) is 125 cm³/mol. The minimum absolute atomic E-state index is 0.00560. The maximum atomic E-state index is 13.6. The molecule has 0 spiro atoms. The van der Waals surface area contributed by atoms with Gasteiger partial charge in [0, 0.05) is 5.56 Å². The Balaban J connectivity index is 1.76. The molecule has 0 amide bonds. The fraction of sp³-hybridized carbons (Fsp3) is 0.321. The molecule has 3 atom stereocenters. The fourth-order valence-corrected chi connectivity index (χ4v) is 4.42. The van der Waals surface area contributed by atoms with Gasteiger partial charge in [0.15, 0.2) is 5.78 Å². The third-order valence-electron chi connectivity index (χ3n) is 6.12. The quantitative estimate of drug-likeness (QED) is 0.471. The molecule has 0 aromatic heterocycles. The summed E-state index contributed by atoms with van der Waals surface area (Å²) in [4.78, 5) is 15.8. The molecule has 3 nitrogen and oxygen atoms in total. The maximum Gasteiger partial charge on any atom is 0.196 e. The van der Waals surface area contributed by atoms with Crippen LogP contribution in [0.1, 0.15) is 71.6 Å². The number of ketones is 1. The van der Waals surface area contributed by atoms with Crippen LogP contribution in [0.15, 0.2) is 78.9 Å². The molecule has 0 unspecified atom stereocenters. The van der Waals surface area contributed by atoms with Crippen molar-refractivity contribution in [3.05, 3.63) is 107 Å². The standard InChI is InChI=1S/C28H31NO2/c1-28(2,3)21-17-15-19(16-18-21)25(30)27-23-14-10-9-13-22(23)24(29(4)5)26(31-27)20-11-7-6-8-12-20/h6-18,24,26-27H,1-5H3/t24-,26+,27+/m0/s1. The molecule has 1 aliphatic heterocycles. The highest BCUT2D eigenvalue weighted by Gasteiger charge is 2.40. The number of benzene rings is 3. The summed E-state index contributed by atoms with van der Waals surface area (Å²) < 4.78 is 6.60. The zero-order chi connectivity index (χ0) is 22.2. The van der Waals surface area contributed by atoms with Crippen molar-refractivity contribution in [2.75, 3.05) is 14.1 Å². The maximum absolute atomic E-state index is 13.6. The summed E-state index contributed by atoms with van der Waals surface area (Å²) >= 11 is 0. The molecule has 3 heteroatoms. The summed E-state index contributed by atoms with van der Waals surface area (Å²) in [6.07, 6.45) is -0.855. The summed E-state index contributed by atoms with van der Waals surface area (Å²) in [5.74, 6) is 0.00560. The van der Waals surface area contributed by atoms with Gasteiger partial charge < -0.3 is 4.74 Å².